The van der Waals surface area contributed by atoms with Gasteiger partial charge in [-0.25, -0.2) is 0 Å². The molecule has 1 aromatic heterocycles. The molecule has 12 heavy (non-hydrogen) atoms. The van der Waals surface area contributed by atoms with E-state index in [-0.39, 0.29) is 11.2 Å². The normalized spacial score (nSPS) is 20.7. The lowest BCUT2D eigenvalue weighted by molar-refractivity contribution is 0.0804. The highest BCUT2D eigenvalue weighted by molar-refractivity contribution is 6.01. The Kier molecular flexibility index (Phi) is 1.37. The molecule has 2 rings (SSSR count). The standard InChI is InChI=1S/C9H11NO2/c1-9(2)4-3-7-6(8(9)11)5-10-12-7/h5H,3-4H2,1-2H3. The Morgan fingerprint density at radius 1 is 1.58 bits per heavy atom. The first-order valence-corrected chi connectivity index (χ1v) is 4.09. The van der Waals surface area contributed by atoms with Crippen molar-refractivity contribution in [2.75, 3.05) is 0 Å². The fourth-order valence-corrected chi connectivity index (χ4v) is 1.53. The van der Waals surface area contributed by atoms with Crippen LogP contribution in [0.4, 0.5) is 0 Å². The van der Waals surface area contributed by atoms with E-state index in [2.05, 4.69) is 5.16 Å². The van der Waals surface area contributed by atoms with Crippen molar-refractivity contribution in [2.45, 2.75) is 26.7 Å². The molecule has 0 bridgehead atoms. The van der Waals surface area contributed by atoms with Crippen molar-refractivity contribution in [3.8, 4) is 0 Å². The van der Waals surface area contributed by atoms with Crippen LogP contribution in [0.15, 0.2) is 10.7 Å². The van der Waals surface area contributed by atoms with Crippen LogP contribution in [0.25, 0.3) is 0 Å². The van der Waals surface area contributed by atoms with Crippen LogP contribution in [0.3, 0.4) is 0 Å². The maximum absolute atomic E-state index is 11.7. The van der Waals surface area contributed by atoms with Crippen molar-refractivity contribution in [1.82, 2.24) is 5.16 Å². The molecule has 0 atom stereocenters. The van der Waals surface area contributed by atoms with Gasteiger partial charge in [0.05, 0.1) is 11.8 Å². The maximum Gasteiger partial charge on any atom is 0.173 e. The van der Waals surface area contributed by atoms with Gasteiger partial charge in [-0.3, -0.25) is 4.79 Å². The number of rotatable bonds is 0. The van der Waals surface area contributed by atoms with E-state index in [1.165, 1.54) is 6.20 Å². The first kappa shape index (κ1) is 7.53. The number of aromatic nitrogens is 1. The van der Waals surface area contributed by atoms with Gasteiger partial charge in [-0.15, -0.1) is 0 Å². The van der Waals surface area contributed by atoms with Crippen LogP contribution in [0.1, 0.15) is 36.4 Å². The highest BCUT2D eigenvalue weighted by Gasteiger charge is 2.36. The summed E-state index contributed by atoms with van der Waals surface area (Å²) in [6.07, 6.45) is 3.21. The highest BCUT2D eigenvalue weighted by Crippen LogP contribution is 2.34. The van der Waals surface area contributed by atoms with Gasteiger partial charge in [-0.2, -0.15) is 0 Å². The minimum Gasteiger partial charge on any atom is -0.361 e. The van der Waals surface area contributed by atoms with Crippen LogP contribution in [0.5, 0.6) is 0 Å². The highest BCUT2D eigenvalue weighted by atomic mass is 16.5. The van der Waals surface area contributed by atoms with Crippen LogP contribution in [0, 0.1) is 5.41 Å². The summed E-state index contributed by atoms with van der Waals surface area (Å²) in [6.45, 7) is 3.93. The average molecular weight is 165 g/mol. The molecule has 0 saturated heterocycles. The number of hydrogen-bond donors (Lipinski definition) is 0. The Labute approximate surface area is 70.7 Å². The van der Waals surface area contributed by atoms with E-state index in [1.807, 2.05) is 13.8 Å². The molecule has 3 nitrogen and oxygen atoms in total. The number of hydrogen-bond acceptors (Lipinski definition) is 3. The van der Waals surface area contributed by atoms with Crippen LogP contribution < -0.4 is 0 Å². The van der Waals surface area contributed by atoms with E-state index in [0.29, 0.717) is 5.56 Å². The lowest BCUT2D eigenvalue weighted by Gasteiger charge is -2.25. The van der Waals surface area contributed by atoms with Gasteiger partial charge in [-0.1, -0.05) is 19.0 Å². The van der Waals surface area contributed by atoms with Crippen LogP contribution in [0.2, 0.25) is 0 Å². The predicted molar refractivity (Wildman–Crippen MR) is 42.9 cm³/mol. The lowest BCUT2D eigenvalue weighted by atomic mass is 9.76. The van der Waals surface area contributed by atoms with Gasteiger partial charge >= 0.3 is 0 Å². The molecule has 1 aliphatic carbocycles. The van der Waals surface area contributed by atoms with Gasteiger partial charge in [0.25, 0.3) is 0 Å². The van der Waals surface area contributed by atoms with Crippen molar-refractivity contribution in [1.29, 1.82) is 0 Å². The summed E-state index contributed by atoms with van der Waals surface area (Å²) in [5.74, 6) is 0.907. The number of carbonyl (C=O) groups excluding carboxylic acids is 1. The van der Waals surface area contributed by atoms with Gasteiger partial charge in [0, 0.05) is 11.8 Å². The second kappa shape index (κ2) is 2.19. The number of ketones is 1. The zero-order valence-electron chi connectivity index (χ0n) is 7.26. The monoisotopic (exact) mass is 165 g/mol. The Balaban J connectivity index is 2.49. The van der Waals surface area contributed by atoms with Gasteiger partial charge in [0.15, 0.2) is 5.78 Å². The Morgan fingerprint density at radius 2 is 2.33 bits per heavy atom. The van der Waals surface area contributed by atoms with E-state index in [1.54, 1.807) is 0 Å². The van der Waals surface area contributed by atoms with Gasteiger partial charge < -0.3 is 4.52 Å². The number of nitrogens with zero attached hydrogens (tertiary/aromatic N) is 1. The summed E-state index contributed by atoms with van der Waals surface area (Å²) in [6, 6.07) is 0. The van der Waals surface area contributed by atoms with Crippen LogP contribution in [-0.4, -0.2) is 10.9 Å². The van der Waals surface area contributed by atoms with Crippen molar-refractivity contribution in [3.63, 3.8) is 0 Å². The summed E-state index contributed by atoms with van der Waals surface area (Å²) in [4.78, 5) is 11.7. The van der Waals surface area contributed by atoms with Crippen LogP contribution in [-0.2, 0) is 6.42 Å². The molecule has 1 heterocycles. The predicted octanol–water partition coefficient (Wildman–Crippen LogP) is 1.83. The molecule has 0 aliphatic heterocycles. The first-order valence-electron chi connectivity index (χ1n) is 4.09. The summed E-state index contributed by atoms with van der Waals surface area (Å²) < 4.78 is 4.95. The second-order valence-electron chi connectivity index (χ2n) is 3.88. The fourth-order valence-electron chi connectivity index (χ4n) is 1.53. The number of Topliss-reactive ketones (excluding diaryl/α,β-unsaturated/α-hetero) is 1. The lowest BCUT2D eigenvalue weighted by Crippen LogP contribution is -2.29. The van der Waals surface area contributed by atoms with Crippen molar-refractivity contribution in [2.24, 2.45) is 5.41 Å². The minimum absolute atomic E-state index is 0.157. The fraction of sp³-hybridized carbons (Fsp3) is 0.556. The third-order valence-electron chi connectivity index (χ3n) is 2.48. The van der Waals surface area contributed by atoms with E-state index < -0.39 is 0 Å². The molecule has 1 aliphatic rings. The SMILES string of the molecule is CC1(C)CCc2oncc2C1=O. The van der Waals surface area contributed by atoms with Gasteiger partial charge in [-0.05, 0) is 6.42 Å². The summed E-state index contributed by atoms with van der Waals surface area (Å²) in [5, 5.41) is 3.62. The molecule has 64 valence electrons. The van der Waals surface area contributed by atoms with Crippen molar-refractivity contribution in [3.05, 3.63) is 17.5 Å². The molecule has 0 saturated carbocycles. The summed E-state index contributed by atoms with van der Waals surface area (Å²) in [5.41, 5.74) is 0.435. The Hall–Kier alpha value is -1.12. The van der Waals surface area contributed by atoms with Crippen LogP contribution >= 0.6 is 0 Å². The molecule has 0 spiro atoms. The Bertz CT molecular complexity index is 325. The zero-order chi connectivity index (χ0) is 8.77. The molecule has 0 fully saturated rings. The topological polar surface area (TPSA) is 43.1 Å². The van der Waals surface area contributed by atoms with E-state index in [4.69, 9.17) is 4.52 Å². The third kappa shape index (κ3) is 0.891. The molecule has 0 N–H and O–H groups in total. The molecule has 0 radical (unpaired) electrons. The molecule has 1 aromatic rings. The molecular weight excluding hydrogens is 154 g/mol. The second-order valence-corrected chi connectivity index (χ2v) is 3.88. The largest absolute Gasteiger partial charge is 0.361 e. The average Bonchev–Trinajstić information content (AvgIpc) is 2.45. The van der Waals surface area contributed by atoms with Gasteiger partial charge in [0.1, 0.15) is 5.76 Å². The van der Waals surface area contributed by atoms with E-state index in [9.17, 15) is 4.79 Å². The van der Waals surface area contributed by atoms with Crippen molar-refractivity contribution < 1.29 is 9.32 Å². The number of aryl methyl sites for hydroxylation is 1. The van der Waals surface area contributed by atoms with Crippen molar-refractivity contribution >= 4 is 5.78 Å². The quantitative estimate of drug-likeness (QED) is 0.589. The maximum atomic E-state index is 11.7. The number of carbonyl (C=O) groups is 1. The van der Waals surface area contributed by atoms with Gasteiger partial charge in [0.2, 0.25) is 0 Å². The smallest absolute Gasteiger partial charge is 0.173 e. The molecule has 0 amide bonds. The minimum atomic E-state index is -0.238. The molecule has 0 unspecified atom stereocenters. The summed E-state index contributed by atoms with van der Waals surface area (Å²) >= 11 is 0. The summed E-state index contributed by atoms with van der Waals surface area (Å²) in [7, 11) is 0. The molecular formula is C9H11NO2. The Morgan fingerprint density at radius 3 is 3.08 bits per heavy atom. The van der Waals surface area contributed by atoms with E-state index in [0.717, 1.165) is 18.6 Å². The first-order chi connectivity index (χ1) is 5.61. The number of fused-ring (bicyclic) bond motifs is 1. The van der Waals surface area contributed by atoms with E-state index >= 15 is 0 Å². The molecule has 3 heteroatoms. The third-order valence-corrected chi connectivity index (χ3v) is 2.48. The molecule has 0 aromatic carbocycles. The zero-order valence-corrected chi connectivity index (χ0v) is 7.26.